The maximum absolute atomic E-state index is 10.8. The van der Waals surface area contributed by atoms with Crippen molar-refractivity contribution in [2.24, 2.45) is 0 Å². The number of halogens is 1. The average Bonchev–Trinajstić information content (AvgIpc) is 2.82. The fourth-order valence-corrected chi connectivity index (χ4v) is 1.68. The van der Waals surface area contributed by atoms with Crippen LogP contribution in [0.15, 0.2) is 18.2 Å². The summed E-state index contributed by atoms with van der Waals surface area (Å²) in [6.45, 7) is 2.04. The molecule has 0 heterocycles. The predicted octanol–water partition coefficient (Wildman–Crippen LogP) is 3.21. The number of nitrogens with zero attached hydrogens (tertiary/aromatic N) is 1. The highest BCUT2D eigenvalue weighted by atomic mass is 35.5. The number of nitrogens with one attached hydrogen (secondary N) is 1. The van der Waals surface area contributed by atoms with Gasteiger partial charge >= 0.3 is 5.69 Å². The molecule has 0 bridgehead atoms. The van der Waals surface area contributed by atoms with Crippen molar-refractivity contribution >= 4 is 23.0 Å². The zero-order valence-electron chi connectivity index (χ0n) is 8.29. The monoisotopic (exact) mass is 226 g/mol. The lowest BCUT2D eigenvalue weighted by Crippen LogP contribution is -2.16. The van der Waals surface area contributed by atoms with Crippen molar-refractivity contribution in [1.29, 1.82) is 0 Å². The van der Waals surface area contributed by atoms with E-state index in [4.69, 9.17) is 11.6 Å². The third kappa shape index (κ3) is 2.04. The summed E-state index contributed by atoms with van der Waals surface area (Å²) >= 11 is 5.79. The molecule has 0 aromatic heterocycles. The molecular weight excluding hydrogens is 216 g/mol. The molecule has 80 valence electrons. The maximum atomic E-state index is 10.8. The normalized spacial score (nSPS) is 17.2. The van der Waals surface area contributed by atoms with E-state index in [9.17, 15) is 10.1 Å². The van der Waals surface area contributed by atoms with Crippen molar-refractivity contribution in [2.75, 3.05) is 5.32 Å². The number of hydrogen-bond donors (Lipinski definition) is 1. The molecule has 5 heteroatoms. The first-order valence-electron chi connectivity index (χ1n) is 4.73. The van der Waals surface area contributed by atoms with Gasteiger partial charge in [-0.15, -0.1) is 0 Å². The second-order valence-electron chi connectivity index (χ2n) is 4.08. The summed E-state index contributed by atoms with van der Waals surface area (Å²) < 4.78 is 0. The topological polar surface area (TPSA) is 55.2 Å². The fourth-order valence-electron chi connectivity index (χ4n) is 1.44. The van der Waals surface area contributed by atoms with Crippen LogP contribution in [0.5, 0.6) is 0 Å². The van der Waals surface area contributed by atoms with Crippen LogP contribution in [0.25, 0.3) is 0 Å². The van der Waals surface area contributed by atoms with Gasteiger partial charge in [-0.1, -0.05) is 17.7 Å². The summed E-state index contributed by atoms with van der Waals surface area (Å²) in [6, 6.07) is 4.93. The van der Waals surface area contributed by atoms with E-state index in [1.54, 1.807) is 12.1 Å². The Hall–Kier alpha value is -1.29. The Kier molecular flexibility index (Phi) is 2.31. The Morgan fingerprint density at radius 1 is 1.53 bits per heavy atom. The molecule has 1 N–H and O–H groups in total. The molecular formula is C10H11ClN2O2. The van der Waals surface area contributed by atoms with Crippen molar-refractivity contribution in [3.8, 4) is 0 Å². The molecule has 2 rings (SSSR count). The number of nitro benzene ring substituents is 1. The molecule has 4 nitrogen and oxygen atoms in total. The lowest BCUT2D eigenvalue weighted by atomic mass is 10.2. The summed E-state index contributed by atoms with van der Waals surface area (Å²) in [5.74, 6) is 0. The molecule has 0 unspecified atom stereocenters. The second-order valence-corrected chi connectivity index (χ2v) is 4.49. The van der Waals surface area contributed by atoms with Crippen LogP contribution in [0.4, 0.5) is 11.4 Å². The fraction of sp³-hybridized carbons (Fsp3) is 0.400. The van der Waals surface area contributed by atoms with Crippen molar-refractivity contribution in [1.82, 2.24) is 0 Å². The minimum absolute atomic E-state index is 0.00937. The molecule has 1 aliphatic carbocycles. The third-order valence-electron chi connectivity index (χ3n) is 2.61. The zero-order chi connectivity index (χ0) is 11.1. The molecule has 1 aromatic carbocycles. The molecule has 0 amide bonds. The highest BCUT2D eigenvalue weighted by molar-refractivity contribution is 6.33. The Morgan fingerprint density at radius 3 is 2.73 bits per heavy atom. The van der Waals surface area contributed by atoms with E-state index in [0.29, 0.717) is 5.69 Å². The highest BCUT2D eigenvalue weighted by Crippen LogP contribution is 2.42. The molecule has 0 atom stereocenters. The molecule has 1 saturated carbocycles. The molecule has 1 aliphatic rings. The lowest BCUT2D eigenvalue weighted by molar-refractivity contribution is -0.383. The van der Waals surface area contributed by atoms with Gasteiger partial charge in [0.25, 0.3) is 0 Å². The Morgan fingerprint density at radius 2 is 2.20 bits per heavy atom. The van der Waals surface area contributed by atoms with E-state index in [1.165, 1.54) is 6.07 Å². The van der Waals surface area contributed by atoms with Crippen molar-refractivity contribution in [3.05, 3.63) is 33.3 Å². The van der Waals surface area contributed by atoms with Crippen LogP contribution >= 0.6 is 11.6 Å². The van der Waals surface area contributed by atoms with Crippen LogP contribution in [0.1, 0.15) is 19.8 Å². The quantitative estimate of drug-likeness (QED) is 0.636. The first-order chi connectivity index (χ1) is 7.02. The first-order valence-corrected chi connectivity index (χ1v) is 5.11. The van der Waals surface area contributed by atoms with Gasteiger partial charge in [0, 0.05) is 5.54 Å². The SMILES string of the molecule is CC1(Nc2cccc(Cl)c2[N+](=O)[O-])CC1. The van der Waals surface area contributed by atoms with Crippen molar-refractivity contribution < 1.29 is 4.92 Å². The van der Waals surface area contributed by atoms with Crippen molar-refractivity contribution in [2.45, 2.75) is 25.3 Å². The van der Waals surface area contributed by atoms with Crippen LogP contribution in [0, 0.1) is 10.1 Å². The summed E-state index contributed by atoms with van der Waals surface area (Å²) in [5.41, 5.74) is 0.481. The summed E-state index contributed by atoms with van der Waals surface area (Å²) in [7, 11) is 0. The highest BCUT2D eigenvalue weighted by Gasteiger charge is 2.38. The molecule has 0 spiro atoms. The van der Waals surface area contributed by atoms with Crippen LogP contribution in [-0.4, -0.2) is 10.5 Å². The van der Waals surface area contributed by atoms with Crippen LogP contribution in [0.3, 0.4) is 0 Å². The zero-order valence-corrected chi connectivity index (χ0v) is 9.04. The Labute approximate surface area is 92.4 Å². The number of anilines is 1. The molecule has 0 radical (unpaired) electrons. The van der Waals surface area contributed by atoms with Crippen molar-refractivity contribution in [3.63, 3.8) is 0 Å². The minimum Gasteiger partial charge on any atom is -0.374 e. The summed E-state index contributed by atoms with van der Waals surface area (Å²) in [5, 5.41) is 14.2. The summed E-state index contributed by atoms with van der Waals surface area (Å²) in [4.78, 5) is 10.4. The molecule has 1 fully saturated rings. The van der Waals surface area contributed by atoms with Crippen LogP contribution in [-0.2, 0) is 0 Å². The molecule has 15 heavy (non-hydrogen) atoms. The van der Waals surface area contributed by atoms with E-state index >= 15 is 0 Å². The van der Waals surface area contributed by atoms with E-state index in [2.05, 4.69) is 5.32 Å². The predicted molar refractivity (Wildman–Crippen MR) is 59.4 cm³/mol. The second kappa shape index (κ2) is 3.38. The van der Waals surface area contributed by atoms with Crippen LogP contribution in [0.2, 0.25) is 5.02 Å². The van der Waals surface area contributed by atoms with E-state index in [0.717, 1.165) is 12.8 Å². The van der Waals surface area contributed by atoms with E-state index in [1.807, 2.05) is 6.92 Å². The standard InChI is InChI=1S/C10H11ClN2O2/c1-10(5-6-10)12-8-4-2-3-7(11)9(8)13(14)15/h2-4,12H,5-6H2,1H3. The van der Waals surface area contributed by atoms with Gasteiger partial charge in [0.15, 0.2) is 0 Å². The van der Waals surface area contributed by atoms with Gasteiger partial charge in [-0.25, -0.2) is 0 Å². The molecule has 0 saturated heterocycles. The van der Waals surface area contributed by atoms with Gasteiger partial charge in [0.1, 0.15) is 10.7 Å². The lowest BCUT2D eigenvalue weighted by Gasteiger charge is -2.13. The molecule has 0 aliphatic heterocycles. The smallest absolute Gasteiger partial charge is 0.310 e. The number of para-hydroxylation sites is 1. The van der Waals surface area contributed by atoms with Gasteiger partial charge in [0.2, 0.25) is 0 Å². The summed E-state index contributed by atoms with van der Waals surface area (Å²) in [6.07, 6.45) is 2.08. The number of nitro groups is 1. The largest absolute Gasteiger partial charge is 0.374 e. The maximum Gasteiger partial charge on any atom is 0.310 e. The third-order valence-corrected chi connectivity index (χ3v) is 2.91. The van der Waals surface area contributed by atoms with Gasteiger partial charge in [-0.05, 0) is 31.9 Å². The number of hydrogen-bond acceptors (Lipinski definition) is 3. The minimum atomic E-state index is -0.448. The van der Waals surface area contributed by atoms with Gasteiger partial charge in [-0.3, -0.25) is 10.1 Å². The number of benzene rings is 1. The molecule has 1 aromatic rings. The first kappa shape index (κ1) is 10.2. The van der Waals surface area contributed by atoms with E-state index in [-0.39, 0.29) is 16.2 Å². The van der Waals surface area contributed by atoms with Gasteiger partial charge in [-0.2, -0.15) is 0 Å². The van der Waals surface area contributed by atoms with Crippen LogP contribution < -0.4 is 5.32 Å². The van der Waals surface area contributed by atoms with E-state index < -0.39 is 4.92 Å². The Balaban J connectivity index is 2.37. The Bertz CT molecular complexity index is 416. The number of rotatable bonds is 3. The van der Waals surface area contributed by atoms with Gasteiger partial charge < -0.3 is 5.32 Å². The average molecular weight is 227 g/mol. The van der Waals surface area contributed by atoms with Gasteiger partial charge in [0.05, 0.1) is 4.92 Å².